The lowest BCUT2D eigenvalue weighted by Crippen LogP contribution is -2.16. The summed E-state index contributed by atoms with van der Waals surface area (Å²) in [6.45, 7) is 2.45. The van der Waals surface area contributed by atoms with Crippen LogP contribution in [0.3, 0.4) is 0 Å². The number of benzene rings is 2. The molecule has 0 fully saturated rings. The van der Waals surface area contributed by atoms with Crippen molar-refractivity contribution < 1.29 is 27.6 Å². The number of carbonyl (C=O) groups excluding carboxylic acids is 1. The topological polar surface area (TPSA) is 116 Å². The number of anilines is 1. The van der Waals surface area contributed by atoms with Crippen LogP contribution in [0.25, 0.3) is 0 Å². The van der Waals surface area contributed by atoms with Crippen LogP contribution >= 0.6 is 0 Å². The summed E-state index contributed by atoms with van der Waals surface area (Å²) in [6, 6.07) is 13.1. The second kappa shape index (κ2) is 13.3. The maximum Gasteiger partial charge on any atom is 0.229 e. The standard InChI is InChI=1S/C14H21NO3S.C7H8O3S/c1-19(2)11-8-14(17)15-12-4-6-13(7-5-12)18-10-3-9-16;1-6-2-4-7(5-3-6)11(8,9)10/h4-7,16H,3,8-11H2,1-2H3;2-5H,1H3,(H,8,9,10). The molecule has 0 unspecified atom stereocenters. The highest BCUT2D eigenvalue weighted by Gasteiger charge is 2.08. The van der Waals surface area contributed by atoms with E-state index in [-0.39, 0.29) is 17.4 Å². The van der Waals surface area contributed by atoms with Crippen molar-refractivity contribution in [1.82, 2.24) is 0 Å². The number of amides is 1. The number of aliphatic hydroxyl groups excluding tert-OH is 1. The molecule has 0 heterocycles. The van der Waals surface area contributed by atoms with Crippen molar-refractivity contribution in [3.05, 3.63) is 54.1 Å². The maximum absolute atomic E-state index is 11.6. The van der Waals surface area contributed by atoms with E-state index in [1.807, 2.05) is 31.2 Å². The second-order valence-corrected chi connectivity index (χ2v) is 10.5. The Hall–Kier alpha value is -2.07. The molecule has 9 heteroatoms. The monoisotopic (exact) mass is 455 g/mol. The molecule has 0 saturated heterocycles. The Bertz CT molecular complexity index is 865. The molecule has 0 spiro atoms. The fourth-order valence-corrected chi connectivity index (χ4v) is 3.18. The molecule has 0 saturated carbocycles. The van der Waals surface area contributed by atoms with Gasteiger partial charge in [0.25, 0.3) is 0 Å². The number of ether oxygens (including phenoxy) is 1. The second-order valence-electron chi connectivity index (χ2n) is 6.71. The molecule has 30 heavy (non-hydrogen) atoms. The van der Waals surface area contributed by atoms with Gasteiger partial charge in [0.15, 0.2) is 0 Å². The van der Waals surface area contributed by atoms with Crippen LogP contribution in [0.15, 0.2) is 53.4 Å². The van der Waals surface area contributed by atoms with Crippen molar-refractivity contribution in [3.63, 3.8) is 0 Å². The lowest BCUT2D eigenvalue weighted by Gasteiger charge is -2.07. The van der Waals surface area contributed by atoms with Gasteiger partial charge in [0.05, 0.1) is 30.4 Å². The third-order valence-electron chi connectivity index (χ3n) is 3.76. The Morgan fingerprint density at radius 2 is 1.70 bits per heavy atom. The fraction of sp³-hybridized carbons (Fsp3) is 0.381. The van der Waals surface area contributed by atoms with Crippen LogP contribution in [0.5, 0.6) is 5.75 Å². The van der Waals surface area contributed by atoms with Crippen molar-refractivity contribution in [1.29, 1.82) is 0 Å². The molecule has 0 aliphatic heterocycles. The fourth-order valence-electron chi connectivity index (χ4n) is 2.11. The van der Waals surface area contributed by atoms with Gasteiger partial charge in [0, 0.05) is 18.7 Å². The lowest BCUT2D eigenvalue weighted by atomic mass is 10.2. The van der Waals surface area contributed by atoms with Crippen molar-refractivity contribution in [2.45, 2.75) is 24.7 Å². The first-order chi connectivity index (χ1) is 14.1. The molecular weight excluding hydrogens is 426 g/mol. The van der Waals surface area contributed by atoms with Gasteiger partial charge < -0.3 is 19.7 Å². The predicted molar refractivity (Wildman–Crippen MR) is 120 cm³/mol. The van der Waals surface area contributed by atoms with Crippen molar-refractivity contribution in [2.24, 2.45) is 0 Å². The van der Waals surface area contributed by atoms with Gasteiger partial charge in [-0.2, -0.15) is 0 Å². The number of hydrogen-bond acceptors (Lipinski definition) is 6. The summed E-state index contributed by atoms with van der Waals surface area (Å²) >= 11 is 0. The minimum Gasteiger partial charge on any atom is -0.744 e. The van der Waals surface area contributed by atoms with Crippen LogP contribution in [-0.4, -0.2) is 55.5 Å². The number of rotatable bonds is 9. The zero-order valence-electron chi connectivity index (χ0n) is 17.5. The first kappa shape index (κ1) is 26.0. The van der Waals surface area contributed by atoms with E-state index in [9.17, 15) is 17.8 Å². The minimum absolute atomic E-state index is 0.0511. The predicted octanol–water partition coefficient (Wildman–Crippen LogP) is 2.55. The quantitative estimate of drug-likeness (QED) is 0.341. The molecule has 0 aliphatic rings. The average Bonchev–Trinajstić information content (AvgIpc) is 2.68. The van der Waals surface area contributed by atoms with E-state index in [1.165, 1.54) is 12.1 Å². The smallest absolute Gasteiger partial charge is 0.229 e. The zero-order chi connectivity index (χ0) is 22.6. The first-order valence-electron chi connectivity index (χ1n) is 9.32. The lowest BCUT2D eigenvalue weighted by molar-refractivity contribution is -0.115. The van der Waals surface area contributed by atoms with Gasteiger partial charge in [-0.05, 0) is 54.2 Å². The molecule has 2 N–H and O–H groups in total. The van der Waals surface area contributed by atoms with Crippen LogP contribution < -0.4 is 10.1 Å². The molecule has 166 valence electrons. The van der Waals surface area contributed by atoms with Gasteiger partial charge in [-0.15, -0.1) is 0 Å². The van der Waals surface area contributed by atoms with Crippen molar-refractivity contribution >= 4 is 32.6 Å². The SMILES string of the molecule is C[S+](C)CCC(=O)Nc1ccc(OCCCO)cc1.Cc1ccc(S(=O)(=O)[O-])cc1. The highest BCUT2D eigenvalue weighted by molar-refractivity contribution is 7.95. The molecule has 7 nitrogen and oxygen atoms in total. The summed E-state index contributed by atoms with van der Waals surface area (Å²) in [7, 11) is -3.97. The molecular formula is C21H29NO6S2. The highest BCUT2D eigenvalue weighted by Crippen LogP contribution is 2.16. The molecule has 1 amide bonds. The van der Waals surface area contributed by atoms with E-state index < -0.39 is 10.1 Å². The third-order valence-corrected chi connectivity index (χ3v) is 5.63. The van der Waals surface area contributed by atoms with E-state index in [0.717, 1.165) is 22.8 Å². The number of hydrogen-bond donors (Lipinski definition) is 2. The van der Waals surface area contributed by atoms with Gasteiger partial charge >= 0.3 is 0 Å². The average molecular weight is 456 g/mol. The Balaban J connectivity index is 0.000000346. The van der Waals surface area contributed by atoms with Crippen LogP contribution in [0.1, 0.15) is 18.4 Å². The summed E-state index contributed by atoms with van der Waals surface area (Å²) in [5.74, 6) is 1.72. The molecule has 0 aromatic heterocycles. The van der Waals surface area contributed by atoms with E-state index in [1.54, 1.807) is 12.1 Å². The largest absolute Gasteiger partial charge is 0.744 e. The number of carbonyl (C=O) groups is 1. The molecule has 0 bridgehead atoms. The highest BCUT2D eigenvalue weighted by atomic mass is 32.2. The van der Waals surface area contributed by atoms with E-state index in [4.69, 9.17) is 9.84 Å². The summed E-state index contributed by atoms with van der Waals surface area (Å²) < 4.78 is 36.6. The van der Waals surface area contributed by atoms with Gasteiger partial charge in [0.2, 0.25) is 5.91 Å². The first-order valence-corrected chi connectivity index (χ1v) is 12.9. The zero-order valence-corrected chi connectivity index (χ0v) is 19.1. The third kappa shape index (κ3) is 11.2. The summed E-state index contributed by atoms with van der Waals surface area (Å²) in [6.07, 6.45) is 5.44. The Labute approximate surface area is 181 Å². The Kier molecular flexibility index (Phi) is 11.5. The summed E-state index contributed by atoms with van der Waals surface area (Å²) in [5, 5.41) is 11.5. The Morgan fingerprint density at radius 1 is 1.10 bits per heavy atom. The molecule has 0 atom stereocenters. The Morgan fingerprint density at radius 3 is 2.20 bits per heavy atom. The minimum atomic E-state index is -4.27. The summed E-state index contributed by atoms with van der Waals surface area (Å²) in [4.78, 5) is 11.5. The number of nitrogens with one attached hydrogen (secondary N) is 1. The number of aryl methyl sites for hydroxylation is 1. The van der Waals surface area contributed by atoms with Crippen LogP contribution in [0.2, 0.25) is 0 Å². The molecule has 0 radical (unpaired) electrons. The van der Waals surface area contributed by atoms with Crippen LogP contribution in [-0.2, 0) is 25.8 Å². The van der Waals surface area contributed by atoms with Crippen LogP contribution in [0, 0.1) is 6.92 Å². The van der Waals surface area contributed by atoms with Gasteiger partial charge in [0.1, 0.15) is 21.6 Å². The van der Waals surface area contributed by atoms with Crippen LogP contribution in [0.4, 0.5) is 5.69 Å². The van der Waals surface area contributed by atoms with E-state index >= 15 is 0 Å². The van der Waals surface area contributed by atoms with E-state index in [0.29, 0.717) is 30.3 Å². The summed E-state index contributed by atoms with van der Waals surface area (Å²) in [5.41, 5.74) is 1.71. The molecule has 2 aromatic rings. The molecule has 2 aromatic carbocycles. The van der Waals surface area contributed by atoms with Gasteiger partial charge in [-0.25, -0.2) is 8.42 Å². The van der Waals surface area contributed by atoms with Gasteiger partial charge in [-0.1, -0.05) is 17.7 Å². The van der Waals surface area contributed by atoms with Crippen molar-refractivity contribution in [3.8, 4) is 5.75 Å². The van der Waals surface area contributed by atoms with Gasteiger partial charge in [-0.3, -0.25) is 4.79 Å². The molecule has 2 rings (SSSR count). The molecule has 0 aliphatic carbocycles. The maximum atomic E-state index is 11.6. The normalized spacial score (nSPS) is 10.9. The van der Waals surface area contributed by atoms with E-state index in [2.05, 4.69) is 17.8 Å². The van der Waals surface area contributed by atoms with Crippen molar-refractivity contribution in [2.75, 3.05) is 36.8 Å². The number of aliphatic hydroxyl groups is 1.